The van der Waals surface area contributed by atoms with Crippen molar-refractivity contribution in [3.63, 3.8) is 0 Å². The van der Waals surface area contributed by atoms with Crippen LogP contribution in [0.3, 0.4) is 0 Å². The Morgan fingerprint density at radius 2 is 1.83 bits per heavy atom. The van der Waals surface area contributed by atoms with E-state index in [1.165, 1.54) is 6.07 Å². The summed E-state index contributed by atoms with van der Waals surface area (Å²) in [6, 6.07) is 4.14. The summed E-state index contributed by atoms with van der Waals surface area (Å²) < 4.78 is 27.3. The standard InChI is InChI=1S/C16H25N3O4S/c1-12-7-9-18(10-8-12)14-6-5-13(11-15(14)19(20)21)24(22,23)17-16(2,3)4/h5-6,11-12,17H,7-10H2,1-4H3. The van der Waals surface area contributed by atoms with E-state index in [-0.39, 0.29) is 10.6 Å². The zero-order valence-electron chi connectivity index (χ0n) is 14.6. The predicted octanol–water partition coefficient (Wildman–Crippen LogP) is 2.91. The van der Waals surface area contributed by atoms with Gasteiger partial charge in [0.15, 0.2) is 0 Å². The Balaban J connectivity index is 2.39. The number of piperidine rings is 1. The molecular weight excluding hydrogens is 330 g/mol. The molecule has 0 amide bonds. The van der Waals surface area contributed by atoms with E-state index in [0.717, 1.165) is 32.0 Å². The highest BCUT2D eigenvalue weighted by molar-refractivity contribution is 7.89. The number of nitrogens with zero attached hydrogens (tertiary/aromatic N) is 2. The average molecular weight is 355 g/mol. The molecule has 1 fully saturated rings. The molecule has 1 N–H and O–H groups in total. The van der Waals surface area contributed by atoms with Gasteiger partial charge in [0.25, 0.3) is 5.69 Å². The molecule has 134 valence electrons. The third kappa shape index (κ3) is 4.45. The second-order valence-electron chi connectivity index (χ2n) is 7.43. The van der Waals surface area contributed by atoms with Crippen LogP contribution in [0.25, 0.3) is 0 Å². The van der Waals surface area contributed by atoms with E-state index in [4.69, 9.17) is 0 Å². The molecule has 1 saturated heterocycles. The minimum atomic E-state index is -3.80. The molecule has 1 aromatic carbocycles. The maximum absolute atomic E-state index is 12.4. The Hall–Kier alpha value is -1.67. The minimum Gasteiger partial charge on any atom is -0.366 e. The number of nitrogens with one attached hydrogen (secondary N) is 1. The van der Waals surface area contributed by atoms with E-state index in [1.807, 2.05) is 4.90 Å². The van der Waals surface area contributed by atoms with Crippen LogP contribution in [0.2, 0.25) is 0 Å². The molecule has 7 nitrogen and oxygen atoms in total. The lowest BCUT2D eigenvalue weighted by Crippen LogP contribution is -2.40. The first-order valence-electron chi connectivity index (χ1n) is 8.07. The van der Waals surface area contributed by atoms with Crippen molar-refractivity contribution in [1.82, 2.24) is 4.72 Å². The second kappa shape index (κ2) is 6.68. The van der Waals surface area contributed by atoms with Crippen LogP contribution in [-0.4, -0.2) is 32.0 Å². The van der Waals surface area contributed by atoms with E-state index < -0.39 is 20.5 Å². The van der Waals surface area contributed by atoms with Crippen molar-refractivity contribution < 1.29 is 13.3 Å². The van der Waals surface area contributed by atoms with Crippen LogP contribution in [0, 0.1) is 16.0 Å². The number of benzene rings is 1. The third-order valence-corrected chi connectivity index (χ3v) is 5.77. The van der Waals surface area contributed by atoms with Crippen molar-refractivity contribution in [2.24, 2.45) is 5.92 Å². The van der Waals surface area contributed by atoms with Gasteiger partial charge in [0, 0.05) is 24.7 Å². The van der Waals surface area contributed by atoms with Crippen molar-refractivity contribution in [3.8, 4) is 0 Å². The molecule has 1 aliphatic rings. The Bertz CT molecular complexity index is 717. The zero-order valence-corrected chi connectivity index (χ0v) is 15.4. The molecule has 0 aromatic heterocycles. The molecule has 2 rings (SSSR count). The fourth-order valence-corrected chi connectivity index (χ4v) is 4.23. The molecule has 0 atom stereocenters. The van der Waals surface area contributed by atoms with Gasteiger partial charge in [-0.25, -0.2) is 13.1 Å². The highest BCUT2D eigenvalue weighted by Gasteiger charge is 2.28. The van der Waals surface area contributed by atoms with Crippen LogP contribution in [0.15, 0.2) is 23.1 Å². The summed E-state index contributed by atoms with van der Waals surface area (Å²) in [5, 5.41) is 11.5. The quantitative estimate of drug-likeness (QED) is 0.662. The van der Waals surface area contributed by atoms with Gasteiger partial charge in [0.05, 0.1) is 9.82 Å². The van der Waals surface area contributed by atoms with Crippen LogP contribution in [0.1, 0.15) is 40.5 Å². The molecule has 0 spiro atoms. The van der Waals surface area contributed by atoms with Gasteiger partial charge in [-0.15, -0.1) is 0 Å². The number of rotatable bonds is 4. The van der Waals surface area contributed by atoms with E-state index in [9.17, 15) is 18.5 Å². The lowest BCUT2D eigenvalue weighted by molar-refractivity contribution is -0.384. The molecule has 1 aliphatic heterocycles. The Labute approximate surface area is 143 Å². The first-order chi connectivity index (χ1) is 11.0. The largest absolute Gasteiger partial charge is 0.366 e. The van der Waals surface area contributed by atoms with Crippen molar-refractivity contribution in [1.29, 1.82) is 0 Å². The fourth-order valence-electron chi connectivity index (χ4n) is 2.80. The molecular formula is C16H25N3O4S. The molecule has 1 aromatic rings. The van der Waals surface area contributed by atoms with Crippen LogP contribution < -0.4 is 9.62 Å². The average Bonchev–Trinajstić information content (AvgIpc) is 2.45. The van der Waals surface area contributed by atoms with Crippen molar-refractivity contribution in [2.45, 2.75) is 51.0 Å². The van der Waals surface area contributed by atoms with Crippen molar-refractivity contribution in [2.75, 3.05) is 18.0 Å². The summed E-state index contributed by atoms with van der Waals surface area (Å²) in [6.45, 7) is 8.83. The summed E-state index contributed by atoms with van der Waals surface area (Å²) in [5.41, 5.74) is -0.335. The van der Waals surface area contributed by atoms with Gasteiger partial charge in [-0.05, 0) is 51.7 Å². The molecule has 0 aliphatic carbocycles. The lowest BCUT2D eigenvalue weighted by Gasteiger charge is -2.31. The summed E-state index contributed by atoms with van der Waals surface area (Å²) in [7, 11) is -3.80. The molecule has 0 saturated carbocycles. The number of anilines is 1. The Morgan fingerprint density at radius 1 is 1.25 bits per heavy atom. The van der Waals surface area contributed by atoms with Gasteiger partial charge in [0.1, 0.15) is 5.69 Å². The van der Waals surface area contributed by atoms with Gasteiger partial charge < -0.3 is 4.90 Å². The van der Waals surface area contributed by atoms with E-state index in [2.05, 4.69) is 11.6 Å². The Morgan fingerprint density at radius 3 is 2.33 bits per heavy atom. The summed E-state index contributed by atoms with van der Waals surface area (Å²) in [6.07, 6.45) is 1.95. The van der Waals surface area contributed by atoms with Crippen molar-refractivity contribution in [3.05, 3.63) is 28.3 Å². The van der Waals surface area contributed by atoms with Crippen LogP contribution in [-0.2, 0) is 10.0 Å². The van der Waals surface area contributed by atoms with Crippen LogP contribution in [0.5, 0.6) is 0 Å². The number of nitro benzene ring substituents is 1. The third-order valence-electron chi connectivity index (χ3n) is 4.02. The van der Waals surface area contributed by atoms with Crippen LogP contribution >= 0.6 is 0 Å². The molecule has 1 heterocycles. The monoisotopic (exact) mass is 355 g/mol. The first-order valence-corrected chi connectivity index (χ1v) is 9.55. The van der Waals surface area contributed by atoms with Crippen LogP contribution in [0.4, 0.5) is 11.4 Å². The second-order valence-corrected chi connectivity index (χ2v) is 9.12. The van der Waals surface area contributed by atoms with E-state index >= 15 is 0 Å². The number of hydrogen-bond acceptors (Lipinski definition) is 5. The molecule has 8 heteroatoms. The summed E-state index contributed by atoms with van der Waals surface area (Å²) in [5.74, 6) is 0.607. The maximum Gasteiger partial charge on any atom is 0.293 e. The minimum absolute atomic E-state index is 0.0850. The smallest absolute Gasteiger partial charge is 0.293 e. The number of sulfonamides is 1. The summed E-state index contributed by atoms with van der Waals surface area (Å²) >= 11 is 0. The Kier molecular flexibility index (Phi) is 5.19. The zero-order chi connectivity index (χ0) is 18.1. The number of nitro groups is 1. The highest BCUT2D eigenvalue weighted by Crippen LogP contribution is 2.33. The van der Waals surface area contributed by atoms with Crippen molar-refractivity contribution >= 4 is 21.4 Å². The van der Waals surface area contributed by atoms with Gasteiger partial charge in [-0.3, -0.25) is 10.1 Å². The summed E-state index contributed by atoms with van der Waals surface area (Å²) in [4.78, 5) is 12.8. The first kappa shape index (κ1) is 18.7. The van der Waals surface area contributed by atoms with Gasteiger partial charge in [-0.1, -0.05) is 6.92 Å². The van der Waals surface area contributed by atoms with E-state index in [1.54, 1.807) is 26.8 Å². The molecule has 0 unspecified atom stereocenters. The number of hydrogen-bond donors (Lipinski definition) is 1. The molecule has 0 radical (unpaired) electrons. The van der Waals surface area contributed by atoms with Gasteiger partial charge in [-0.2, -0.15) is 0 Å². The van der Waals surface area contributed by atoms with E-state index in [0.29, 0.717) is 11.6 Å². The predicted molar refractivity (Wildman–Crippen MR) is 93.8 cm³/mol. The highest BCUT2D eigenvalue weighted by atomic mass is 32.2. The lowest BCUT2D eigenvalue weighted by atomic mass is 9.98. The van der Waals surface area contributed by atoms with Gasteiger partial charge in [0.2, 0.25) is 10.0 Å². The van der Waals surface area contributed by atoms with Gasteiger partial charge >= 0.3 is 0 Å². The molecule has 24 heavy (non-hydrogen) atoms. The topological polar surface area (TPSA) is 92.6 Å². The maximum atomic E-state index is 12.4. The fraction of sp³-hybridized carbons (Fsp3) is 0.625. The molecule has 0 bridgehead atoms. The SMILES string of the molecule is CC1CCN(c2ccc(S(=O)(=O)NC(C)(C)C)cc2[N+](=O)[O-])CC1. The normalized spacial score (nSPS) is 17.1.